The van der Waals surface area contributed by atoms with E-state index in [2.05, 4.69) is 36.2 Å². The van der Waals surface area contributed by atoms with Gasteiger partial charge in [-0.2, -0.15) is 0 Å². The Labute approximate surface area is 86.6 Å². The average Bonchev–Trinajstić information content (AvgIpc) is 2.18. The summed E-state index contributed by atoms with van der Waals surface area (Å²) in [6.07, 6.45) is 3.73. The smallest absolute Gasteiger partial charge is 0.159 e. The molecule has 0 aromatic heterocycles. The molecule has 1 aromatic carbocycles. The van der Waals surface area contributed by atoms with E-state index in [9.17, 15) is 0 Å². The van der Waals surface area contributed by atoms with Gasteiger partial charge in [0.2, 0.25) is 0 Å². The van der Waals surface area contributed by atoms with Crippen LogP contribution in [0.25, 0.3) is 0 Å². The maximum absolute atomic E-state index is 3.91. The summed E-state index contributed by atoms with van der Waals surface area (Å²) in [5.74, 6) is 0. The SMILES string of the molecule is BC(=C)N[C@@H]1CCCc2ccccc21. The van der Waals surface area contributed by atoms with Crippen molar-refractivity contribution in [2.75, 3.05) is 0 Å². The highest BCUT2D eigenvalue weighted by atomic mass is 14.9. The molecule has 0 radical (unpaired) electrons. The number of fused-ring (bicyclic) bond motifs is 1. The fourth-order valence-electron chi connectivity index (χ4n) is 2.20. The van der Waals surface area contributed by atoms with Crippen LogP contribution in [0, 0.1) is 0 Å². The first kappa shape index (κ1) is 9.38. The van der Waals surface area contributed by atoms with Crippen LogP contribution in [0.4, 0.5) is 0 Å². The number of benzene rings is 1. The van der Waals surface area contributed by atoms with Gasteiger partial charge in [0.05, 0.1) is 6.04 Å². The van der Waals surface area contributed by atoms with Gasteiger partial charge >= 0.3 is 0 Å². The van der Waals surface area contributed by atoms with E-state index in [1.54, 1.807) is 0 Å². The van der Waals surface area contributed by atoms with Crippen LogP contribution < -0.4 is 5.32 Å². The Kier molecular flexibility index (Phi) is 2.62. The first-order valence-electron chi connectivity index (χ1n) is 5.27. The van der Waals surface area contributed by atoms with Crippen molar-refractivity contribution in [3.05, 3.63) is 47.6 Å². The highest BCUT2D eigenvalue weighted by Gasteiger charge is 2.18. The van der Waals surface area contributed by atoms with Crippen LogP contribution >= 0.6 is 0 Å². The second-order valence-corrected chi connectivity index (χ2v) is 4.07. The fourth-order valence-corrected chi connectivity index (χ4v) is 2.20. The van der Waals surface area contributed by atoms with Crippen LogP contribution in [0.3, 0.4) is 0 Å². The second-order valence-electron chi connectivity index (χ2n) is 4.07. The van der Waals surface area contributed by atoms with Crippen LogP contribution in [-0.2, 0) is 6.42 Å². The molecule has 1 N–H and O–H groups in total. The molecule has 14 heavy (non-hydrogen) atoms. The minimum Gasteiger partial charge on any atom is -0.390 e. The number of rotatable bonds is 2. The van der Waals surface area contributed by atoms with Gasteiger partial charge in [0.15, 0.2) is 7.85 Å². The van der Waals surface area contributed by atoms with Crippen molar-refractivity contribution in [1.29, 1.82) is 0 Å². The lowest BCUT2D eigenvalue weighted by Gasteiger charge is -2.27. The monoisotopic (exact) mass is 185 g/mol. The van der Waals surface area contributed by atoms with Crippen LogP contribution in [0.15, 0.2) is 36.4 Å². The maximum atomic E-state index is 3.91. The predicted molar refractivity (Wildman–Crippen MR) is 62.9 cm³/mol. The number of hydrogen-bond acceptors (Lipinski definition) is 1. The summed E-state index contributed by atoms with van der Waals surface area (Å²) in [6.45, 7) is 3.91. The van der Waals surface area contributed by atoms with E-state index < -0.39 is 0 Å². The van der Waals surface area contributed by atoms with Crippen molar-refractivity contribution < 1.29 is 0 Å². The Morgan fingerprint density at radius 3 is 3.00 bits per heavy atom. The van der Waals surface area contributed by atoms with Gasteiger partial charge in [0, 0.05) is 0 Å². The Balaban J connectivity index is 2.26. The third kappa shape index (κ3) is 1.84. The number of hydrogen-bond donors (Lipinski definition) is 1. The molecule has 0 amide bonds. The summed E-state index contributed by atoms with van der Waals surface area (Å²) in [6, 6.07) is 9.20. The minimum atomic E-state index is 0.484. The van der Waals surface area contributed by atoms with E-state index in [0.717, 1.165) is 5.60 Å². The molecule has 0 aliphatic heterocycles. The average molecular weight is 185 g/mol. The molecular weight excluding hydrogens is 169 g/mol. The van der Waals surface area contributed by atoms with E-state index in [4.69, 9.17) is 0 Å². The standard InChI is InChI=1S/C12H16BN/c1-9(13)14-12-8-4-6-10-5-2-3-7-11(10)12/h2-3,5,7,12,14H,1,4,6,8,13H2/t12-/m1/s1. The molecule has 2 heteroatoms. The van der Waals surface area contributed by atoms with Gasteiger partial charge < -0.3 is 5.32 Å². The normalized spacial score (nSPS) is 19.9. The molecule has 1 aliphatic carbocycles. The lowest BCUT2D eigenvalue weighted by molar-refractivity contribution is 0.509. The highest BCUT2D eigenvalue weighted by molar-refractivity contribution is 6.20. The zero-order valence-corrected chi connectivity index (χ0v) is 8.72. The van der Waals surface area contributed by atoms with Crippen molar-refractivity contribution in [1.82, 2.24) is 5.32 Å². The quantitative estimate of drug-likeness (QED) is 0.692. The maximum Gasteiger partial charge on any atom is 0.159 e. The summed E-state index contributed by atoms with van der Waals surface area (Å²) >= 11 is 0. The summed E-state index contributed by atoms with van der Waals surface area (Å²) in [5, 5.41) is 3.44. The Hall–Kier alpha value is -1.18. The predicted octanol–water partition coefficient (Wildman–Crippen LogP) is 1.76. The van der Waals surface area contributed by atoms with Crippen molar-refractivity contribution in [2.45, 2.75) is 25.3 Å². The molecule has 72 valence electrons. The lowest BCUT2D eigenvalue weighted by atomic mass is 9.87. The third-order valence-corrected chi connectivity index (χ3v) is 2.79. The molecule has 0 saturated heterocycles. The highest BCUT2D eigenvalue weighted by Crippen LogP contribution is 2.29. The van der Waals surface area contributed by atoms with Crippen LogP contribution in [-0.4, -0.2) is 7.85 Å². The van der Waals surface area contributed by atoms with E-state index in [-0.39, 0.29) is 0 Å². The van der Waals surface area contributed by atoms with Crippen LogP contribution in [0.5, 0.6) is 0 Å². The van der Waals surface area contributed by atoms with Crippen LogP contribution in [0.2, 0.25) is 0 Å². The molecule has 1 atom stereocenters. The third-order valence-electron chi connectivity index (χ3n) is 2.79. The largest absolute Gasteiger partial charge is 0.390 e. The molecule has 0 heterocycles. The van der Waals surface area contributed by atoms with E-state index in [1.165, 1.54) is 30.4 Å². The minimum absolute atomic E-state index is 0.484. The van der Waals surface area contributed by atoms with Crippen molar-refractivity contribution in [3.63, 3.8) is 0 Å². The molecule has 1 aliphatic rings. The molecule has 2 rings (SSSR count). The zero-order chi connectivity index (χ0) is 9.97. The summed E-state index contributed by atoms with van der Waals surface area (Å²) < 4.78 is 0. The fraction of sp³-hybridized carbons (Fsp3) is 0.333. The van der Waals surface area contributed by atoms with Gasteiger partial charge in [-0.3, -0.25) is 0 Å². The Morgan fingerprint density at radius 1 is 1.43 bits per heavy atom. The lowest BCUT2D eigenvalue weighted by Crippen LogP contribution is -2.24. The van der Waals surface area contributed by atoms with Crippen molar-refractivity contribution in [2.24, 2.45) is 0 Å². The van der Waals surface area contributed by atoms with Gasteiger partial charge in [-0.25, -0.2) is 0 Å². The number of nitrogens with one attached hydrogen (secondary N) is 1. The van der Waals surface area contributed by atoms with Gasteiger partial charge in [-0.1, -0.05) is 30.8 Å². The Bertz CT molecular complexity index is 346. The first-order chi connectivity index (χ1) is 6.77. The van der Waals surface area contributed by atoms with E-state index in [0.29, 0.717) is 6.04 Å². The van der Waals surface area contributed by atoms with Crippen LogP contribution in [0.1, 0.15) is 30.0 Å². The molecular formula is C12H16BN. The summed E-state index contributed by atoms with van der Waals surface area (Å²) in [7, 11) is 2.03. The molecule has 0 saturated carbocycles. The molecule has 1 aromatic rings. The summed E-state index contributed by atoms with van der Waals surface area (Å²) in [4.78, 5) is 0. The van der Waals surface area contributed by atoms with Crippen molar-refractivity contribution in [3.8, 4) is 0 Å². The van der Waals surface area contributed by atoms with Gasteiger partial charge in [-0.15, -0.1) is 0 Å². The number of aryl methyl sites for hydroxylation is 1. The Morgan fingerprint density at radius 2 is 2.21 bits per heavy atom. The molecule has 0 bridgehead atoms. The molecule has 0 unspecified atom stereocenters. The topological polar surface area (TPSA) is 12.0 Å². The summed E-state index contributed by atoms with van der Waals surface area (Å²) in [5.41, 5.74) is 4.02. The van der Waals surface area contributed by atoms with Gasteiger partial charge in [0.1, 0.15) is 0 Å². The van der Waals surface area contributed by atoms with E-state index in [1.807, 2.05) is 7.85 Å². The van der Waals surface area contributed by atoms with Gasteiger partial charge in [0.25, 0.3) is 0 Å². The first-order valence-corrected chi connectivity index (χ1v) is 5.27. The van der Waals surface area contributed by atoms with Crippen molar-refractivity contribution >= 4 is 7.85 Å². The van der Waals surface area contributed by atoms with Gasteiger partial charge in [-0.05, 0) is 36.0 Å². The molecule has 1 nitrogen and oxygen atoms in total. The zero-order valence-electron chi connectivity index (χ0n) is 8.72. The second kappa shape index (κ2) is 3.91. The molecule has 0 fully saturated rings. The molecule has 0 spiro atoms. The van der Waals surface area contributed by atoms with E-state index >= 15 is 0 Å².